The third-order valence-corrected chi connectivity index (χ3v) is 2.48. The molecule has 1 aromatic rings. The zero-order valence-electron chi connectivity index (χ0n) is 8.56. The molecule has 0 atom stereocenters. The summed E-state index contributed by atoms with van der Waals surface area (Å²) >= 11 is 5.60. The second-order valence-electron chi connectivity index (χ2n) is 3.40. The van der Waals surface area contributed by atoms with Crippen molar-refractivity contribution in [2.75, 3.05) is 24.4 Å². The van der Waals surface area contributed by atoms with Crippen LogP contribution in [0.3, 0.4) is 0 Å². The zero-order valence-corrected chi connectivity index (χ0v) is 9.31. The molecule has 0 heterocycles. The van der Waals surface area contributed by atoms with Crippen molar-refractivity contribution in [2.24, 2.45) is 0 Å². The number of halogens is 2. The molecule has 1 nitrogen and oxygen atoms in total. The molecule has 0 amide bonds. The van der Waals surface area contributed by atoms with Crippen molar-refractivity contribution in [1.82, 2.24) is 0 Å². The Morgan fingerprint density at radius 2 is 2.14 bits per heavy atom. The van der Waals surface area contributed by atoms with Gasteiger partial charge in [0.05, 0.1) is 0 Å². The zero-order chi connectivity index (χ0) is 10.6. The second kappa shape index (κ2) is 5.20. The van der Waals surface area contributed by atoms with Crippen LogP contribution >= 0.6 is 11.6 Å². The van der Waals surface area contributed by atoms with Crippen molar-refractivity contribution >= 4 is 17.3 Å². The lowest BCUT2D eigenvalue weighted by atomic mass is 10.2. The summed E-state index contributed by atoms with van der Waals surface area (Å²) in [5.41, 5.74) is 1.72. The van der Waals surface area contributed by atoms with Crippen molar-refractivity contribution in [3.8, 4) is 0 Å². The Balaban J connectivity index is 2.70. The summed E-state index contributed by atoms with van der Waals surface area (Å²) < 4.78 is 13.0. The second-order valence-corrected chi connectivity index (χ2v) is 3.78. The minimum Gasteiger partial charge on any atom is -0.375 e. The maximum atomic E-state index is 13.0. The van der Waals surface area contributed by atoms with Crippen molar-refractivity contribution in [1.29, 1.82) is 0 Å². The molecule has 0 bridgehead atoms. The van der Waals surface area contributed by atoms with Crippen LogP contribution in [0.2, 0.25) is 0 Å². The fourth-order valence-corrected chi connectivity index (χ4v) is 1.41. The van der Waals surface area contributed by atoms with Gasteiger partial charge in [0.2, 0.25) is 0 Å². The van der Waals surface area contributed by atoms with Gasteiger partial charge in [0.1, 0.15) is 5.82 Å². The Hall–Kier alpha value is -0.760. The van der Waals surface area contributed by atoms with E-state index in [1.54, 1.807) is 13.0 Å². The Morgan fingerprint density at radius 3 is 2.71 bits per heavy atom. The minimum atomic E-state index is -0.153. The van der Waals surface area contributed by atoms with Crippen molar-refractivity contribution in [3.05, 3.63) is 29.6 Å². The lowest BCUT2D eigenvalue weighted by Crippen LogP contribution is -2.18. The van der Waals surface area contributed by atoms with Gasteiger partial charge in [-0.1, -0.05) is 0 Å². The van der Waals surface area contributed by atoms with Crippen LogP contribution in [0.25, 0.3) is 0 Å². The third-order valence-electron chi connectivity index (χ3n) is 2.21. The Morgan fingerprint density at radius 1 is 1.43 bits per heavy atom. The lowest BCUT2D eigenvalue weighted by molar-refractivity contribution is 0.618. The van der Waals surface area contributed by atoms with E-state index in [1.807, 2.05) is 13.1 Å². The van der Waals surface area contributed by atoms with Gasteiger partial charge in [0.15, 0.2) is 0 Å². The summed E-state index contributed by atoms with van der Waals surface area (Å²) in [7, 11) is 1.99. The highest BCUT2D eigenvalue weighted by molar-refractivity contribution is 6.17. The number of hydrogen-bond acceptors (Lipinski definition) is 1. The molecular weight excluding hydrogens is 201 g/mol. The fraction of sp³-hybridized carbons (Fsp3) is 0.455. The van der Waals surface area contributed by atoms with Crippen LogP contribution in [-0.4, -0.2) is 19.5 Å². The summed E-state index contributed by atoms with van der Waals surface area (Å²) in [4.78, 5) is 2.08. The predicted octanol–water partition coefficient (Wildman–Crippen LogP) is 3.20. The molecule has 0 saturated heterocycles. The molecule has 0 radical (unpaired) electrons. The third kappa shape index (κ3) is 2.88. The molecule has 0 fully saturated rings. The van der Waals surface area contributed by atoms with E-state index in [4.69, 9.17) is 11.6 Å². The summed E-state index contributed by atoms with van der Waals surface area (Å²) in [6.07, 6.45) is 0.939. The summed E-state index contributed by atoms with van der Waals surface area (Å²) in [5, 5.41) is 0. The number of hydrogen-bond donors (Lipinski definition) is 0. The van der Waals surface area contributed by atoms with Gasteiger partial charge in [-0.25, -0.2) is 4.39 Å². The molecule has 0 unspecified atom stereocenters. The van der Waals surface area contributed by atoms with Gasteiger partial charge >= 0.3 is 0 Å². The number of nitrogens with zero attached hydrogens (tertiary/aromatic N) is 1. The van der Waals surface area contributed by atoms with Gasteiger partial charge in [-0.2, -0.15) is 0 Å². The van der Waals surface area contributed by atoms with E-state index in [9.17, 15) is 4.39 Å². The van der Waals surface area contributed by atoms with Gasteiger partial charge in [0, 0.05) is 25.2 Å². The number of aryl methyl sites for hydroxylation is 1. The predicted molar refractivity (Wildman–Crippen MR) is 59.7 cm³/mol. The van der Waals surface area contributed by atoms with Gasteiger partial charge in [0.25, 0.3) is 0 Å². The van der Waals surface area contributed by atoms with Crippen molar-refractivity contribution in [2.45, 2.75) is 13.3 Å². The summed E-state index contributed by atoms with van der Waals surface area (Å²) in [6.45, 7) is 2.67. The summed E-state index contributed by atoms with van der Waals surface area (Å²) in [6, 6.07) is 5.14. The number of rotatable bonds is 4. The van der Waals surface area contributed by atoms with Gasteiger partial charge in [-0.15, -0.1) is 11.6 Å². The standard InChI is InChI=1S/C11H15ClFN/c1-9-8-10(4-5-11(9)13)14(2)7-3-6-12/h4-5,8H,3,6-7H2,1-2H3. The first kappa shape index (κ1) is 11.3. The van der Waals surface area contributed by atoms with Gasteiger partial charge < -0.3 is 4.90 Å². The molecule has 0 aliphatic rings. The van der Waals surface area contributed by atoms with Crippen LogP contribution in [0, 0.1) is 12.7 Å². The normalized spacial score (nSPS) is 10.3. The van der Waals surface area contributed by atoms with Crippen LogP contribution in [0.1, 0.15) is 12.0 Å². The molecule has 1 rings (SSSR count). The Bertz CT molecular complexity index is 301. The van der Waals surface area contributed by atoms with Gasteiger partial charge in [-0.3, -0.25) is 0 Å². The van der Waals surface area contributed by atoms with E-state index in [0.717, 1.165) is 18.7 Å². The fourth-order valence-electron chi connectivity index (χ4n) is 1.29. The average molecular weight is 216 g/mol. The van der Waals surface area contributed by atoms with Crippen LogP contribution in [0.15, 0.2) is 18.2 Å². The number of benzene rings is 1. The van der Waals surface area contributed by atoms with E-state index >= 15 is 0 Å². The molecule has 0 aliphatic carbocycles. The molecule has 0 saturated carbocycles. The quantitative estimate of drug-likeness (QED) is 0.698. The Kier molecular flexibility index (Phi) is 4.21. The molecule has 78 valence electrons. The highest BCUT2D eigenvalue weighted by Crippen LogP contribution is 2.17. The van der Waals surface area contributed by atoms with Crippen LogP contribution < -0.4 is 4.90 Å². The van der Waals surface area contributed by atoms with Crippen molar-refractivity contribution in [3.63, 3.8) is 0 Å². The van der Waals surface area contributed by atoms with Crippen LogP contribution in [-0.2, 0) is 0 Å². The highest BCUT2D eigenvalue weighted by atomic mass is 35.5. The Labute approximate surface area is 89.5 Å². The number of alkyl halides is 1. The highest BCUT2D eigenvalue weighted by Gasteiger charge is 2.02. The maximum Gasteiger partial charge on any atom is 0.126 e. The smallest absolute Gasteiger partial charge is 0.126 e. The van der Waals surface area contributed by atoms with E-state index in [-0.39, 0.29) is 5.82 Å². The minimum absolute atomic E-state index is 0.153. The van der Waals surface area contributed by atoms with E-state index < -0.39 is 0 Å². The van der Waals surface area contributed by atoms with Crippen LogP contribution in [0.4, 0.5) is 10.1 Å². The topological polar surface area (TPSA) is 3.24 Å². The molecule has 1 aromatic carbocycles. The van der Waals surface area contributed by atoms with Crippen molar-refractivity contribution < 1.29 is 4.39 Å². The molecule has 3 heteroatoms. The maximum absolute atomic E-state index is 13.0. The number of anilines is 1. The molecule has 0 aliphatic heterocycles. The lowest BCUT2D eigenvalue weighted by Gasteiger charge is -2.19. The molecule has 0 aromatic heterocycles. The molecule has 14 heavy (non-hydrogen) atoms. The van der Waals surface area contributed by atoms with E-state index in [1.165, 1.54) is 6.07 Å². The first-order valence-electron chi connectivity index (χ1n) is 4.68. The summed E-state index contributed by atoms with van der Waals surface area (Å²) in [5.74, 6) is 0.504. The molecule has 0 spiro atoms. The SMILES string of the molecule is Cc1cc(N(C)CCCCl)ccc1F. The largest absolute Gasteiger partial charge is 0.375 e. The average Bonchev–Trinajstić information content (AvgIpc) is 2.18. The molecular formula is C11H15ClFN. The first-order chi connectivity index (χ1) is 6.65. The van der Waals surface area contributed by atoms with E-state index in [0.29, 0.717) is 11.4 Å². The molecule has 0 N–H and O–H groups in total. The van der Waals surface area contributed by atoms with E-state index in [2.05, 4.69) is 4.90 Å². The first-order valence-corrected chi connectivity index (χ1v) is 5.22. The monoisotopic (exact) mass is 215 g/mol. The van der Waals surface area contributed by atoms with Crippen LogP contribution in [0.5, 0.6) is 0 Å². The van der Waals surface area contributed by atoms with Gasteiger partial charge in [-0.05, 0) is 37.1 Å².